The van der Waals surface area contributed by atoms with Gasteiger partial charge in [-0.15, -0.1) is 0 Å². The van der Waals surface area contributed by atoms with Crippen LogP contribution in [0.5, 0.6) is 0 Å². The molecule has 1 saturated carbocycles. The van der Waals surface area contributed by atoms with Crippen LogP contribution < -0.4 is 5.19 Å². The molecule has 0 nitrogen and oxygen atoms in total. The maximum atomic E-state index is 2.67. The van der Waals surface area contributed by atoms with Crippen molar-refractivity contribution in [2.24, 2.45) is 11.8 Å². The Kier molecular flexibility index (Phi) is 9.05. The number of hydrogen-bond acceptors (Lipinski definition) is 0. The third kappa shape index (κ3) is 6.22. The summed E-state index contributed by atoms with van der Waals surface area (Å²) in [6, 6.07) is 7.84. The molecular weight excluding hydrogens is 376 g/mol. The number of aryl methyl sites for hydroxylation is 2. The van der Waals surface area contributed by atoms with E-state index in [1.807, 2.05) is 0 Å². The van der Waals surface area contributed by atoms with Gasteiger partial charge in [-0.2, -0.15) is 0 Å². The molecular formula is C29H46Si. The normalized spacial score (nSPS) is 23.1. The topological polar surface area (TPSA) is 0 Å². The highest BCUT2D eigenvalue weighted by atomic mass is 28.3. The second kappa shape index (κ2) is 11.5. The van der Waals surface area contributed by atoms with Crippen LogP contribution in [-0.2, 0) is 12.8 Å². The van der Waals surface area contributed by atoms with E-state index in [1.165, 1.54) is 77.0 Å². The Morgan fingerprint density at radius 3 is 1.67 bits per heavy atom. The van der Waals surface area contributed by atoms with E-state index < -0.39 is 8.07 Å². The lowest BCUT2D eigenvalue weighted by Crippen LogP contribution is -2.45. The van der Waals surface area contributed by atoms with Crippen LogP contribution in [0, 0.1) is 11.8 Å². The molecule has 1 heteroatoms. The lowest BCUT2D eigenvalue weighted by molar-refractivity contribution is 0.552. The van der Waals surface area contributed by atoms with Crippen molar-refractivity contribution in [3.8, 4) is 0 Å². The van der Waals surface area contributed by atoms with Crippen LogP contribution in [0.4, 0.5) is 0 Å². The molecule has 3 rings (SSSR count). The van der Waals surface area contributed by atoms with Crippen molar-refractivity contribution in [1.29, 1.82) is 0 Å². The number of benzene rings is 1. The van der Waals surface area contributed by atoms with Crippen LogP contribution >= 0.6 is 0 Å². The molecule has 166 valence electrons. The van der Waals surface area contributed by atoms with Crippen molar-refractivity contribution < 1.29 is 0 Å². The number of unbranched alkanes of at least 4 members (excludes halogenated alkanes) is 6. The monoisotopic (exact) mass is 422 g/mol. The third-order valence-electron chi connectivity index (χ3n) is 7.95. The van der Waals surface area contributed by atoms with E-state index in [0.29, 0.717) is 0 Å². The van der Waals surface area contributed by atoms with Gasteiger partial charge in [0.25, 0.3) is 0 Å². The highest BCUT2D eigenvalue weighted by Gasteiger charge is 2.42. The van der Waals surface area contributed by atoms with Crippen LogP contribution in [0.15, 0.2) is 42.5 Å². The first kappa shape index (κ1) is 23.6. The Bertz CT molecular complexity index is 661. The van der Waals surface area contributed by atoms with E-state index in [9.17, 15) is 0 Å². The number of fused-ring (bicyclic) bond motifs is 1. The Morgan fingerprint density at radius 1 is 0.700 bits per heavy atom. The quantitative estimate of drug-likeness (QED) is 0.234. The molecule has 1 aromatic carbocycles. The minimum Gasteiger partial charge on any atom is -0.0808 e. The maximum absolute atomic E-state index is 2.67. The van der Waals surface area contributed by atoms with Crippen LogP contribution in [-0.4, -0.2) is 8.07 Å². The van der Waals surface area contributed by atoms with Gasteiger partial charge in [-0.05, 0) is 67.0 Å². The molecule has 2 aliphatic rings. The molecule has 0 bridgehead atoms. The Balaban J connectivity index is 1.76. The fourth-order valence-electron chi connectivity index (χ4n) is 5.72. The minimum atomic E-state index is -1.47. The Morgan fingerprint density at radius 2 is 1.20 bits per heavy atom. The van der Waals surface area contributed by atoms with E-state index in [4.69, 9.17) is 0 Å². The van der Waals surface area contributed by atoms with Gasteiger partial charge in [0, 0.05) is 0 Å². The summed E-state index contributed by atoms with van der Waals surface area (Å²) in [5, 5.41) is 1.75. The second-order valence-electron chi connectivity index (χ2n) is 10.6. The van der Waals surface area contributed by atoms with Crippen LogP contribution in [0.3, 0.4) is 0 Å². The predicted molar refractivity (Wildman–Crippen MR) is 137 cm³/mol. The SMILES string of the molecule is CCCCCCc1cc(CCCCCC)cc([Si](C)(C)C2CC3C=CC=CC3C2)c1. The average molecular weight is 423 g/mol. The van der Waals surface area contributed by atoms with Crippen molar-refractivity contribution in [2.75, 3.05) is 0 Å². The van der Waals surface area contributed by atoms with E-state index in [2.05, 4.69) is 69.4 Å². The van der Waals surface area contributed by atoms with Crippen molar-refractivity contribution in [2.45, 2.75) is 110 Å². The van der Waals surface area contributed by atoms with Gasteiger partial charge < -0.3 is 0 Å². The van der Waals surface area contributed by atoms with Gasteiger partial charge in [0.2, 0.25) is 0 Å². The first-order chi connectivity index (χ1) is 14.5. The predicted octanol–water partition coefficient (Wildman–Crippen LogP) is 8.37. The highest BCUT2D eigenvalue weighted by molar-refractivity contribution is 6.91. The van der Waals surface area contributed by atoms with Gasteiger partial charge >= 0.3 is 0 Å². The molecule has 0 aliphatic heterocycles. The van der Waals surface area contributed by atoms with Crippen LogP contribution in [0.25, 0.3) is 0 Å². The lowest BCUT2D eigenvalue weighted by Gasteiger charge is -2.31. The van der Waals surface area contributed by atoms with Crippen LogP contribution in [0.1, 0.15) is 89.2 Å². The van der Waals surface area contributed by atoms with Gasteiger partial charge in [0.05, 0.1) is 8.07 Å². The molecule has 0 N–H and O–H groups in total. The summed E-state index contributed by atoms with van der Waals surface area (Å²) in [4.78, 5) is 0. The molecule has 1 aromatic rings. The van der Waals surface area contributed by atoms with Gasteiger partial charge in [-0.3, -0.25) is 0 Å². The van der Waals surface area contributed by atoms with E-state index >= 15 is 0 Å². The molecule has 0 heterocycles. The fourth-order valence-corrected chi connectivity index (χ4v) is 9.03. The summed E-state index contributed by atoms with van der Waals surface area (Å²) < 4.78 is 0. The van der Waals surface area contributed by atoms with Gasteiger partial charge in [-0.1, -0.05) is 113 Å². The second-order valence-corrected chi connectivity index (χ2v) is 15.5. The number of allylic oxidation sites excluding steroid dienone is 4. The number of hydrogen-bond donors (Lipinski definition) is 0. The van der Waals surface area contributed by atoms with Crippen molar-refractivity contribution in [3.05, 3.63) is 53.6 Å². The van der Waals surface area contributed by atoms with E-state index in [1.54, 1.807) is 16.3 Å². The van der Waals surface area contributed by atoms with Crippen molar-refractivity contribution in [3.63, 3.8) is 0 Å². The standard InChI is InChI=1S/C29H46Si/c1-5-7-9-11-15-24-19-25(16-12-10-8-6-2)21-28(20-24)30(3,4)29-22-26-17-13-14-18-27(26)23-29/h13-14,17-21,26-27,29H,5-12,15-16,22-23H2,1-4H3. The molecule has 2 atom stereocenters. The van der Waals surface area contributed by atoms with Gasteiger partial charge in [-0.25, -0.2) is 0 Å². The third-order valence-corrected chi connectivity index (χ3v) is 12.2. The fraction of sp³-hybridized carbons (Fsp3) is 0.655. The summed E-state index contributed by atoms with van der Waals surface area (Å²) in [6.45, 7) is 9.96. The van der Waals surface area contributed by atoms with Gasteiger partial charge in [0.15, 0.2) is 0 Å². The summed E-state index contributed by atoms with van der Waals surface area (Å²) in [7, 11) is -1.47. The zero-order valence-corrected chi connectivity index (χ0v) is 21.3. The van der Waals surface area contributed by atoms with E-state index in [0.717, 1.165) is 17.4 Å². The molecule has 0 radical (unpaired) electrons. The first-order valence-corrected chi connectivity index (χ1v) is 16.1. The largest absolute Gasteiger partial charge is 0.0837 e. The summed E-state index contributed by atoms with van der Waals surface area (Å²) in [5.74, 6) is 1.61. The Hall–Kier alpha value is -1.08. The molecule has 0 amide bonds. The lowest BCUT2D eigenvalue weighted by atomic mass is 9.92. The first-order valence-electron chi connectivity index (χ1n) is 13.0. The highest BCUT2D eigenvalue weighted by Crippen LogP contribution is 2.47. The summed E-state index contributed by atoms with van der Waals surface area (Å²) >= 11 is 0. The molecule has 0 saturated heterocycles. The summed E-state index contributed by atoms with van der Waals surface area (Å²) in [5.41, 5.74) is 4.18. The summed E-state index contributed by atoms with van der Waals surface area (Å²) in [6.07, 6.45) is 25.8. The van der Waals surface area contributed by atoms with Crippen molar-refractivity contribution >= 4 is 13.3 Å². The molecule has 1 fully saturated rings. The van der Waals surface area contributed by atoms with E-state index in [-0.39, 0.29) is 0 Å². The molecule has 2 aliphatic carbocycles. The van der Waals surface area contributed by atoms with Crippen molar-refractivity contribution in [1.82, 2.24) is 0 Å². The average Bonchev–Trinajstić information content (AvgIpc) is 3.19. The smallest absolute Gasteiger partial charge is 0.0808 e. The maximum Gasteiger partial charge on any atom is 0.0837 e. The van der Waals surface area contributed by atoms with Crippen LogP contribution in [0.2, 0.25) is 18.6 Å². The molecule has 30 heavy (non-hydrogen) atoms. The zero-order valence-electron chi connectivity index (χ0n) is 20.3. The number of rotatable bonds is 12. The molecule has 0 spiro atoms. The molecule has 0 aromatic heterocycles. The minimum absolute atomic E-state index is 0.803. The molecule has 2 unspecified atom stereocenters. The zero-order chi connectivity index (χ0) is 21.4. The van der Waals surface area contributed by atoms with Gasteiger partial charge in [0.1, 0.15) is 0 Å². The Labute approximate surface area is 188 Å².